The number of halogens is 3. The first kappa shape index (κ1) is 13.9. The average Bonchev–Trinajstić information content (AvgIpc) is 2.25. The SMILES string of the molecule is CC(C)COc1ccc(C(=O)C(F)(F)Cl)cc1. The fourth-order valence-corrected chi connectivity index (χ4v) is 1.24. The molecule has 0 aliphatic carbocycles. The Morgan fingerprint density at radius 3 is 2.29 bits per heavy atom. The molecule has 1 rings (SSSR count). The second-order valence-corrected chi connectivity index (χ2v) is 4.53. The second-order valence-electron chi connectivity index (χ2n) is 4.06. The monoisotopic (exact) mass is 262 g/mol. The van der Waals surface area contributed by atoms with E-state index in [2.05, 4.69) is 11.6 Å². The summed E-state index contributed by atoms with van der Waals surface area (Å²) in [6, 6.07) is 5.49. The van der Waals surface area contributed by atoms with Crippen LogP contribution in [0.25, 0.3) is 0 Å². The van der Waals surface area contributed by atoms with E-state index < -0.39 is 11.2 Å². The van der Waals surface area contributed by atoms with E-state index in [0.29, 0.717) is 18.3 Å². The normalized spacial score (nSPS) is 11.6. The molecule has 0 heterocycles. The van der Waals surface area contributed by atoms with E-state index in [4.69, 9.17) is 4.74 Å². The van der Waals surface area contributed by atoms with Crippen LogP contribution in [0.1, 0.15) is 24.2 Å². The Morgan fingerprint density at radius 1 is 1.35 bits per heavy atom. The largest absolute Gasteiger partial charge is 0.493 e. The number of Topliss-reactive ketones (excluding diaryl/α,β-unsaturated/α-hetero) is 1. The Hall–Kier alpha value is -1.16. The van der Waals surface area contributed by atoms with Crippen LogP contribution in [-0.2, 0) is 0 Å². The van der Waals surface area contributed by atoms with E-state index >= 15 is 0 Å². The van der Waals surface area contributed by atoms with E-state index in [9.17, 15) is 13.6 Å². The topological polar surface area (TPSA) is 26.3 Å². The molecule has 0 aliphatic rings. The third-order valence-corrected chi connectivity index (χ3v) is 2.13. The van der Waals surface area contributed by atoms with Crippen molar-refractivity contribution in [3.05, 3.63) is 29.8 Å². The molecular weight excluding hydrogens is 250 g/mol. The van der Waals surface area contributed by atoms with Crippen molar-refractivity contribution in [2.75, 3.05) is 6.61 Å². The van der Waals surface area contributed by atoms with Gasteiger partial charge in [-0.1, -0.05) is 13.8 Å². The van der Waals surface area contributed by atoms with Gasteiger partial charge in [0, 0.05) is 5.56 Å². The van der Waals surface area contributed by atoms with Gasteiger partial charge in [0.05, 0.1) is 6.61 Å². The number of benzene rings is 1. The van der Waals surface area contributed by atoms with Crippen molar-refractivity contribution < 1.29 is 18.3 Å². The van der Waals surface area contributed by atoms with Crippen LogP contribution < -0.4 is 4.74 Å². The summed E-state index contributed by atoms with van der Waals surface area (Å²) in [7, 11) is 0. The lowest BCUT2D eigenvalue weighted by atomic mass is 10.1. The maximum Gasteiger partial charge on any atom is 0.384 e. The summed E-state index contributed by atoms with van der Waals surface area (Å²) in [5.74, 6) is -0.508. The fourth-order valence-electron chi connectivity index (χ4n) is 1.13. The van der Waals surface area contributed by atoms with Crippen LogP contribution in [0.4, 0.5) is 8.78 Å². The summed E-state index contributed by atoms with van der Waals surface area (Å²) in [5.41, 5.74) is -0.137. The number of carbonyl (C=O) groups excluding carboxylic acids is 1. The Balaban J connectivity index is 2.71. The van der Waals surface area contributed by atoms with Gasteiger partial charge in [-0.15, -0.1) is 0 Å². The van der Waals surface area contributed by atoms with Gasteiger partial charge in [0.1, 0.15) is 5.75 Å². The van der Waals surface area contributed by atoms with Crippen molar-refractivity contribution in [1.82, 2.24) is 0 Å². The lowest BCUT2D eigenvalue weighted by Crippen LogP contribution is -2.21. The first-order valence-corrected chi connectivity index (χ1v) is 5.53. The minimum absolute atomic E-state index is 0.137. The van der Waals surface area contributed by atoms with Crippen molar-refractivity contribution in [1.29, 1.82) is 0 Å². The summed E-state index contributed by atoms with van der Waals surface area (Å²) in [6.07, 6.45) is 0. The number of rotatable bonds is 5. The van der Waals surface area contributed by atoms with Crippen molar-refractivity contribution in [3.63, 3.8) is 0 Å². The maximum atomic E-state index is 12.5. The van der Waals surface area contributed by atoms with Crippen molar-refractivity contribution in [3.8, 4) is 5.75 Å². The Bertz CT molecular complexity index is 382. The smallest absolute Gasteiger partial charge is 0.384 e. The standard InChI is InChI=1S/C12H13ClF2O2/c1-8(2)7-17-10-5-3-9(4-6-10)11(16)12(13,14)15/h3-6,8H,7H2,1-2H3. The number of alkyl halides is 3. The molecule has 0 saturated heterocycles. The van der Waals surface area contributed by atoms with Gasteiger partial charge in [-0.3, -0.25) is 4.79 Å². The van der Waals surface area contributed by atoms with E-state index in [1.54, 1.807) is 0 Å². The average molecular weight is 263 g/mol. The fraction of sp³-hybridized carbons (Fsp3) is 0.417. The Kier molecular flexibility index (Phi) is 4.46. The van der Waals surface area contributed by atoms with Crippen molar-refractivity contribution in [2.24, 2.45) is 5.92 Å². The summed E-state index contributed by atoms with van der Waals surface area (Å²) in [5, 5.41) is -3.86. The van der Waals surface area contributed by atoms with E-state index in [0.717, 1.165) is 0 Å². The van der Waals surface area contributed by atoms with Gasteiger partial charge in [-0.25, -0.2) is 0 Å². The number of hydrogen-bond acceptors (Lipinski definition) is 2. The molecule has 0 unspecified atom stereocenters. The third kappa shape index (κ3) is 4.30. The molecule has 0 aromatic heterocycles. The molecule has 0 N–H and O–H groups in total. The van der Waals surface area contributed by atoms with Gasteiger partial charge in [0.2, 0.25) is 5.78 Å². The van der Waals surface area contributed by atoms with Gasteiger partial charge in [-0.05, 0) is 41.8 Å². The van der Waals surface area contributed by atoms with Crippen molar-refractivity contribution in [2.45, 2.75) is 19.2 Å². The predicted molar refractivity (Wildman–Crippen MR) is 61.9 cm³/mol. The predicted octanol–water partition coefficient (Wildman–Crippen LogP) is 3.74. The molecule has 0 radical (unpaired) electrons. The number of carbonyl (C=O) groups is 1. The molecule has 1 aromatic carbocycles. The molecule has 2 nitrogen and oxygen atoms in total. The van der Waals surface area contributed by atoms with Crippen LogP contribution in [0, 0.1) is 5.92 Å². The lowest BCUT2D eigenvalue weighted by Gasteiger charge is -2.10. The quantitative estimate of drug-likeness (QED) is 0.597. The van der Waals surface area contributed by atoms with Gasteiger partial charge in [0.25, 0.3) is 0 Å². The highest BCUT2D eigenvalue weighted by Gasteiger charge is 2.36. The zero-order valence-electron chi connectivity index (χ0n) is 9.54. The third-order valence-electron chi connectivity index (χ3n) is 1.96. The number of ether oxygens (including phenoxy) is 1. The van der Waals surface area contributed by atoms with Crippen LogP contribution >= 0.6 is 11.6 Å². The van der Waals surface area contributed by atoms with Crippen LogP contribution in [0.15, 0.2) is 24.3 Å². The zero-order valence-corrected chi connectivity index (χ0v) is 10.3. The second kappa shape index (κ2) is 5.45. The summed E-state index contributed by atoms with van der Waals surface area (Å²) in [6.45, 7) is 4.51. The molecule has 0 fully saturated rings. The van der Waals surface area contributed by atoms with Crippen LogP contribution in [0.3, 0.4) is 0 Å². The van der Waals surface area contributed by atoms with Gasteiger partial charge < -0.3 is 4.74 Å². The molecule has 17 heavy (non-hydrogen) atoms. The number of hydrogen-bond donors (Lipinski definition) is 0. The van der Waals surface area contributed by atoms with Crippen molar-refractivity contribution >= 4 is 17.4 Å². The molecule has 0 aliphatic heterocycles. The highest BCUT2D eigenvalue weighted by Crippen LogP contribution is 2.25. The molecule has 0 atom stereocenters. The van der Waals surface area contributed by atoms with Crippen LogP contribution in [0.2, 0.25) is 0 Å². The molecule has 0 saturated carbocycles. The molecule has 0 amide bonds. The minimum atomic E-state index is -3.86. The van der Waals surface area contributed by atoms with Gasteiger partial charge in [0.15, 0.2) is 0 Å². The zero-order chi connectivity index (χ0) is 13.1. The molecular formula is C12H13ClF2O2. The maximum absolute atomic E-state index is 12.5. The summed E-state index contributed by atoms with van der Waals surface area (Å²) in [4.78, 5) is 11.1. The molecule has 0 bridgehead atoms. The Morgan fingerprint density at radius 2 is 1.88 bits per heavy atom. The molecule has 0 spiro atoms. The van der Waals surface area contributed by atoms with E-state index in [-0.39, 0.29) is 5.56 Å². The highest BCUT2D eigenvalue weighted by atomic mass is 35.5. The molecule has 1 aromatic rings. The van der Waals surface area contributed by atoms with E-state index in [1.807, 2.05) is 13.8 Å². The van der Waals surface area contributed by atoms with E-state index in [1.165, 1.54) is 24.3 Å². The highest BCUT2D eigenvalue weighted by molar-refractivity contribution is 6.35. The van der Waals surface area contributed by atoms with Gasteiger partial charge >= 0.3 is 5.38 Å². The molecule has 5 heteroatoms. The summed E-state index contributed by atoms with van der Waals surface area (Å²) < 4.78 is 30.4. The lowest BCUT2D eigenvalue weighted by molar-refractivity contribution is 0.0536. The van der Waals surface area contributed by atoms with Gasteiger partial charge in [-0.2, -0.15) is 8.78 Å². The number of ketones is 1. The Labute approximate surface area is 104 Å². The molecule has 94 valence electrons. The minimum Gasteiger partial charge on any atom is -0.493 e. The van der Waals surface area contributed by atoms with Crippen LogP contribution in [-0.4, -0.2) is 17.8 Å². The summed E-state index contributed by atoms with van der Waals surface area (Å²) >= 11 is 4.65. The first-order chi connectivity index (χ1) is 7.80. The first-order valence-electron chi connectivity index (χ1n) is 5.15. The van der Waals surface area contributed by atoms with Crippen LogP contribution in [0.5, 0.6) is 5.75 Å².